The second-order valence-corrected chi connectivity index (χ2v) is 8.32. The molecule has 2 saturated heterocycles. The number of benzene rings is 1. The van der Waals surface area contributed by atoms with E-state index in [-0.39, 0.29) is 11.6 Å². The number of alkyl carbamates (subject to hydrolysis) is 1. The highest BCUT2D eigenvalue weighted by molar-refractivity contribution is 5.69. The topological polar surface area (TPSA) is 50.8 Å². The Balaban J connectivity index is 1.74. The highest BCUT2D eigenvalue weighted by Gasteiger charge is 2.50. The standard InChI is InChI=1S/C20H30N2O3/c1-15(16-8-6-5-7-9-16)22-12-17-13-24-11-10-20(17,14-22)21-18(23)25-19(2,3)4/h5-9,15,17H,10-14H2,1-4H3,(H,21,23)/t15-,17+,20-/m1/s1. The summed E-state index contributed by atoms with van der Waals surface area (Å²) in [5.41, 5.74) is 0.551. The molecule has 25 heavy (non-hydrogen) atoms. The second-order valence-electron chi connectivity index (χ2n) is 8.32. The smallest absolute Gasteiger partial charge is 0.408 e. The molecular weight excluding hydrogens is 316 g/mol. The Kier molecular flexibility index (Phi) is 5.07. The normalized spacial score (nSPS) is 28.2. The first-order chi connectivity index (χ1) is 11.8. The maximum atomic E-state index is 12.4. The molecule has 0 aliphatic carbocycles. The van der Waals surface area contributed by atoms with Crippen LogP contribution in [0.4, 0.5) is 4.79 Å². The van der Waals surface area contributed by atoms with Gasteiger partial charge < -0.3 is 14.8 Å². The van der Waals surface area contributed by atoms with Crippen LogP contribution in [0.1, 0.15) is 45.7 Å². The molecule has 0 unspecified atom stereocenters. The van der Waals surface area contributed by atoms with Crippen LogP contribution in [0.5, 0.6) is 0 Å². The van der Waals surface area contributed by atoms with E-state index in [0.717, 1.165) is 19.5 Å². The van der Waals surface area contributed by atoms with Gasteiger partial charge in [-0.25, -0.2) is 4.79 Å². The summed E-state index contributed by atoms with van der Waals surface area (Å²) < 4.78 is 11.2. The minimum atomic E-state index is -0.489. The molecule has 2 aliphatic heterocycles. The van der Waals surface area contributed by atoms with Gasteiger partial charge in [0.1, 0.15) is 5.60 Å². The van der Waals surface area contributed by atoms with E-state index >= 15 is 0 Å². The van der Waals surface area contributed by atoms with Crippen molar-refractivity contribution in [2.45, 2.75) is 51.3 Å². The van der Waals surface area contributed by atoms with Crippen LogP contribution in [0.15, 0.2) is 30.3 Å². The van der Waals surface area contributed by atoms with Gasteiger partial charge >= 0.3 is 6.09 Å². The molecule has 0 spiro atoms. The minimum absolute atomic E-state index is 0.260. The predicted molar refractivity (Wildman–Crippen MR) is 97.5 cm³/mol. The molecule has 1 amide bonds. The lowest BCUT2D eigenvalue weighted by Crippen LogP contribution is -2.58. The summed E-state index contributed by atoms with van der Waals surface area (Å²) in [6.07, 6.45) is 0.503. The van der Waals surface area contributed by atoms with Crippen molar-refractivity contribution in [2.75, 3.05) is 26.3 Å². The fraction of sp³-hybridized carbons (Fsp3) is 0.650. The van der Waals surface area contributed by atoms with Crippen LogP contribution in [0.3, 0.4) is 0 Å². The molecular formula is C20H30N2O3. The first kappa shape index (κ1) is 18.2. The Morgan fingerprint density at radius 2 is 2.08 bits per heavy atom. The fourth-order valence-corrected chi connectivity index (χ4v) is 3.94. The van der Waals surface area contributed by atoms with E-state index in [0.29, 0.717) is 25.2 Å². The van der Waals surface area contributed by atoms with E-state index in [1.165, 1.54) is 5.56 Å². The summed E-state index contributed by atoms with van der Waals surface area (Å²) in [7, 11) is 0. The molecule has 2 heterocycles. The number of nitrogens with zero attached hydrogens (tertiary/aromatic N) is 1. The average molecular weight is 346 g/mol. The van der Waals surface area contributed by atoms with Crippen molar-refractivity contribution in [2.24, 2.45) is 5.92 Å². The first-order valence-electron chi connectivity index (χ1n) is 9.17. The number of rotatable bonds is 3. The lowest BCUT2D eigenvalue weighted by Gasteiger charge is -2.39. The molecule has 2 aliphatic rings. The third-order valence-corrected chi connectivity index (χ3v) is 5.31. The van der Waals surface area contributed by atoms with E-state index in [1.807, 2.05) is 26.8 Å². The number of hydrogen-bond acceptors (Lipinski definition) is 4. The van der Waals surface area contributed by atoms with Crippen molar-refractivity contribution in [1.29, 1.82) is 0 Å². The Morgan fingerprint density at radius 3 is 2.76 bits per heavy atom. The highest BCUT2D eigenvalue weighted by atomic mass is 16.6. The number of fused-ring (bicyclic) bond motifs is 1. The Labute approximate surface area is 150 Å². The lowest BCUT2D eigenvalue weighted by molar-refractivity contribution is -0.00169. The summed E-state index contributed by atoms with van der Waals surface area (Å²) >= 11 is 0. The molecule has 138 valence electrons. The molecule has 1 aromatic carbocycles. The predicted octanol–water partition coefficient (Wildman–Crippen LogP) is 3.36. The van der Waals surface area contributed by atoms with Crippen molar-refractivity contribution in [3.05, 3.63) is 35.9 Å². The monoisotopic (exact) mass is 346 g/mol. The quantitative estimate of drug-likeness (QED) is 0.912. The van der Waals surface area contributed by atoms with Crippen LogP contribution in [-0.2, 0) is 9.47 Å². The third kappa shape index (κ3) is 4.15. The van der Waals surface area contributed by atoms with E-state index in [9.17, 15) is 4.79 Å². The SMILES string of the molecule is C[C@H](c1ccccc1)N1C[C@H]2COCC[C@@]2(NC(=O)OC(C)(C)C)C1. The molecule has 0 aromatic heterocycles. The van der Waals surface area contributed by atoms with Crippen LogP contribution in [0.25, 0.3) is 0 Å². The molecule has 0 radical (unpaired) electrons. The Bertz CT molecular complexity index is 599. The summed E-state index contributed by atoms with van der Waals surface area (Å²) in [5.74, 6) is 0.292. The van der Waals surface area contributed by atoms with Crippen LogP contribution < -0.4 is 5.32 Å². The maximum Gasteiger partial charge on any atom is 0.408 e. The summed E-state index contributed by atoms with van der Waals surface area (Å²) in [5, 5.41) is 3.20. The van der Waals surface area contributed by atoms with Crippen LogP contribution in [-0.4, -0.2) is 48.4 Å². The Morgan fingerprint density at radius 1 is 1.36 bits per heavy atom. The van der Waals surface area contributed by atoms with Crippen molar-refractivity contribution in [3.63, 3.8) is 0 Å². The van der Waals surface area contributed by atoms with E-state index < -0.39 is 5.60 Å². The summed E-state index contributed by atoms with van der Waals surface area (Å²) in [6, 6.07) is 10.8. The van der Waals surface area contributed by atoms with Gasteiger partial charge in [0.2, 0.25) is 0 Å². The van der Waals surface area contributed by atoms with Crippen LogP contribution >= 0.6 is 0 Å². The van der Waals surface area contributed by atoms with Gasteiger partial charge in [-0.05, 0) is 39.7 Å². The first-order valence-corrected chi connectivity index (χ1v) is 9.17. The van der Waals surface area contributed by atoms with Gasteiger partial charge in [0.25, 0.3) is 0 Å². The number of amides is 1. The zero-order valence-corrected chi connectivity index (χ0v) is 15.7. The molecule has 2 fully saturated rings. The summed E-state index contributed by atoms with van der Waals surface area (Å²) in [6.45, 7) is 11.0. The largest absolute Gasteiger partial charge is 0.444 e. The van der Waals surface area contributed by atoms with Gasteiger partial charge in [0.05, 0.1) is 12.1 Å². The van der Waals surface area contributed by atoms with Gasteiger partial charge in [-0.15, -0.1) is 0 Å². The number of nitrogens with one attached hydrogen (secondary N) is 1. The van der Waals surface area contributed by atoms with Gasteiger partial charge in [0, 0.05) is 31.7 Å². The van der Waals surface area contributed by atoms with Crippen LogP contribution in [0.2, 0.25) is 0 Å². The third-order valence-electron chi connectivity index (χ3n) is 5.31. The maximum absolute atomic E-state index is 12.4. The number of carbonyl (C=O) groups is 1. The number of hydrogen-bond donors (Lipinski definition) is 1. The molecule has 3 rings (SSSR count). The lowest BCUT2D eigenvalue weighted by atomic mass is 9.83. The van der Waals surface area contributed by atoms with E-state index in [2.05, 4.69) is 41.4 Å². The highest BCUT2D eigenvalue weighted by Crippen LogP contribution is 2.38. The Hall–Kier alpha value is -1.59. The molecule has 1 N–H and O–H groups in total. The van der Waals surface area contributed by atoms with Crippen molar-refractivity contribution >= 4 is 6.09 Å². The van der Waals surface area contributed by atoms with Gasteiger partial charge in [-0.1, -0.05) is 30.3 Å². The molecule has 1 aromatic rings. The van der Waals surface area contributed by atoms with Gasteiger partial charge in [-0.2, -0.15) is 0 Å². The molecule has 3 atom stereocenters. The van der Waals surface area contributed by atoms with E-state index in [1.54, 1.807) is 0 Å². The molecule has 5 nitrogen and oxygen atoms in total. The van der Waals surface area contributed by atoms with Gasteiger partial charge in [-0.3, -0.25) is 4.90 Å². The zero-order valence-electron chi connectivity index (χ0n) is 15.7. The van der Waals surface area contributed by atoms with Crippen LogP contribution in [0, 0.1) is 5.92 Å². The second kappa shape index (κ2) is 6.96. The molecule has 5 heteroatoms. The van der Waals surface area contributed by atoms with E-state index in [4.69, 9.17) is 9.47 Å². The average Bonchev–Trinajstić information content (AvgIpc) is 2.92. The summed E-state index contributed by atoms with van der Waals surface area (Å²) in [4.78, 5) is 14.9. The van der Waals surface area contributed by atoms with Crippen molar-refractivity contribution in [1.82, 2.24) is 10.2 Å². The number of likely N-dealkylation sites (tertiary alicyclic amines) is 1. The zero-order chi connectivity index (χ0) is 18.1. The fourth-order valence-electron chi connectivity index (χ4n) is 3.94. The molecule has 0 saturated carbocycles. The van der Waals surface area contributed by atoms with Crippen molar-refractivity contribution < 1.29 is 14.3 Å². The minimum Gasteiger partial charge on any atom is -0.444 e. The van der Waals surface area contributed by atoms with Crippen molar-refractivity contribution in [3.8, 4) is 0 Å². The number of carbonyl (C=O) groups excluding carboxylic acids is 1. The molecule has 0 bridgehead atoms. The van der Waals surface area contributed by atoms with Gasteiger partial charge in [0.15, 0.2) is 0 Å². The number of ether oxygens (including phenoxy) is 2.